The molecule has 16 heavy (non-hydrogen) atoms. The molecular weight excluding hydrogens is 218 g/mol. The molecule has 0 amide bonds. The third-order valence-electron chi connectivity index (χ3n) is 3.35. The van der Waals surface area contributed by atoms with Gasteiger partial charge in [-0.25, -0.2) is 0 Å². The molecule has 2 aliphatic heterocycles. The third-order valence-corrected chi connectivity index (χ3v) is 4.42. The lowest BCUT2D eigenvalue weighted by Gasteiger charge is -2.27. The van der Waals surface area contributed by atoms with Crippen molar-refractivity contribution in [3.63, 3.8) is 0 Å². The molecule has 0 radical (unpaired) electrons. The zero-order chi connectivity index (χ0) is 11.5. The Morgan fingerprint density at radius 2 is 2.31 bits per heavy atom. The topological polar surface area (TPSA) is 27.6 Å². The van der Waals surface area contributed by atoms with E-state index in [1.54, 1.807) is 0 Å². The van der Waals surface area contributed by atoms with Crippen LogP contribution in [-0.2, 0) is 0 Å². The Bertz CT molecular complexity index is 255. The summed E-state index contributed by atoms with van der Waals surface area (Å²) in [5, 5.41) is 5.36. The van der Waals surface area contributed by atoms with Gasteiger partial charge in [-0.15, -0.1) is 0 Å². The van der Waals surface area contributed by atoms with E-state index in [4.69, 9.17) is 4.99 Å². The molecule has 0 aromatic heterocycles. The molecule has 3 atom stereocenters. The second kappa shape index (κ2) is 5.41. The van der Waals surface area contributed by atoms with Crippen LogP contribution < -0.4 is 5.32 Å². The summed E-state index contributed by atoms with van der Waals surface area (Å²) in [4.78, 5) is 7.14. The Kier molecular flexibility index (Phi) is 4.14. The average Bonchev–Trinajstić information content (AvgIpc) is 2.60. The van der Waals surface area contributed by atoms with Crippen molar-refractivity contribution in [2.75, 3.05) is 26.7 Å². The van der Waals surface area contributed by atoms with E-state index in [-0.39, 0.29) is 0 Å². The van der Waals surface area contributed by atoms with Crippen molar-refractivity contribution in [1.29, 1.82) is 0 Å². The molecule has 2 heterocycles. The van der Waals surface area contributed by atoms with Crippen LogP contribution in [0.25, 0.3) is 0 Å². The number of nitrogens with zero attached hydrogens (tertiary/aromatic N) is 2. The largest absolute Gasteiger partial charge is 0.362 e. The number of aliphatic imine (C=N–C) groups is 1. The Balaban J connectivity index is 1.82. The molecule has 0 aromatic carbocycles. The predicted molar refractivity (Wildman–Crippen MR) is 72.2 cm³/mol. The first-order valence-electron chi connectivity index (χ1n) is 6.29. The molecule has 2 fully saturated rings. The summed E-state index contributed by atoms with van der Waals surface area (Å²) in [6, 6.07) is 0.584. The molecule has 92 valence electrons. The highest BCUT2D eigenvalue weighted by atomic mass is 32.2. The summed E-state index contributed by atoms with van der Waals surface area (Å²) < 4.78 is 0. The molecule has 2 saturated heterocycles. The standard InChI is InChI=1S/C12H23N3S/c1-9-6-10(2)16-12(14-9)13-7-11-4-5-15(3)8-11/h9-11H,4-8H2,1-3H3,(H,13,14). The van der Waals surface area contributed by atoms with Crippen LogP contribution in [0.5, 0.6) is 0 Å². The summed E-state index contributed by atoms with van der Waals surface area (Å²) in [6.45, 7) is 7.99. The van der Waals surface area contributed by atoms with Crippen LogP contribution in [0.2, 0.25) is 0 Å². The SMILES string of the molecule is CC1CC(C)SC(=NCC2CCN(C)C2)N1. The van der Waals surface area contributed by atoms with Crippen LogP contribution in [0, 0.1) is 5.92 Å². The molecule has 0 spiro atoms. The quantitative estimate of drug-likeness (QED) is 0.799. The number of hydrogen-bond donors (Lipinski definition) is 1. The summed E-state index contributed by atoms with van der Waals surface area (Å²) in [5.41, 5.74) is 0. The lowest BCUT2D eigenvalue weighted by atomic mass is 10.1. The monoisotopic (exact) mass is 241 g/mol. The van der Waals surface area contributed by atoms with Crippen molar-refractivity contribution in [1.82, 2.24) is 10.2 Å². The van der Waals surface area contributed by atoms with Gasteiger partial charge in [0.2, 0.25) is 0 Å². The van der Waals surface area contributed by atoms with E-state index < -0.39 is 0 Å². The van der Waals surface area contributed by atoms with E-state index >= 15 is 0 Å². The normalized spacial score (nSPS) is 38.9. The van der Waals surface area contributed by atoms with Crippen molar-refractivity contribution >= 4 is 16.9 Å². The second-order valence-electron chi connectivity index (χ2n) is 5.27. The fourth-order valence-corrected chi connectivity index (χ4v) is 3.69. The lowest BCUT2D eigenvalue weighted by molar-refractivity contribution is 0.397. The number of rotatable bonds is 2. The number of likely N-dealkylation sites (tertiary alicyclic amines) is 1. The zero-order valence-electron chi connectivity index (χ0n) is 10.6. The van der Waals surface area contributed by atoms with Gasteiger partial charge in [0, 0.05) is 24.4 Å². The van der Waals surface area contributed by atoms with E-state index in [1.165, 1.54) is 31.1 Å². The van der Waals surface area contributed by atoms with Gasteiger partial charge in [0.05, 0.1) is 0 Å². The molecule has 3 nitrogen and oxygen atoms in total. The van der Waals surface area contributed by atoms with Gasteiger partial charge in [0.15, 0.2) is 5.17 Å². The number of nitrogens with one attached hydrogen (secondary N) is 1. The van der Waals surface area contributed by atoms with Crippen LogP contribution in [0.4, 0.5) is 0 Å². The summed E-state index contributed by atoms with van der Waals surface area (Å²) in [7, 11) is 2.20. The Morgan fingerprint density at radius 3 is 2.94 bits per heavy atom. The number of amidine groups is 1. The predicted octanol–water partition coefficient (Wildman–Crippen LogP) is 1.80. The smallest absolute Gasteiger partial charge is 0.157 e. The number of hydrogen-bond acceptors (Lipinski definition) is 3. The van der Waals surface area contributed by atoms with Crippen LogP contribution >= 0.6 is 11.8 Å². The van der Waals surface area contributed by atoms with E-state index in [9.17, 15) is 0 Å². The Labute approximate surface area is 103 Å². The molecule has 3 unspecified atom stereocenters. The number of thioether (sulfide) groups is 1. The van der Waals surface area contributed by atoms with Gasteiger partial charge in [0.25, 0.3) is 0 Å². The molecule has 0 aromatic rings. The van der Waals surface area contributed by atoms with E-state index in [0.29, 0.717) is 11.3 Å². The maximum absolute atomic E-state index is 4.74. The lowest BCUT2D eigenvalue weighted by Crippen LogP contribution is -2.38. The van der Waals surface area contributed by atoms with Crippen LogP contribution in [0.3, 0.4) is 0 Å². The Hall–Kier alpha value is -0.220. The van der Waals surface area contributed by atoms with Crippen molar-refractivity contribution in [2.45, 2.75) is 38.0 Å². The van der Waals surface area contributed by atoms with Crippen molar-refractivity contribution in [3.8, 4) is 0 Å². The molecular formula is C12H23N3S. The van der Waals surface area contributed by atoms with Gasteiger partial charge in [-0.1, -0.05) is 18.7 Å². The van der Waals surface area contributed by atoms with Gasteiger partial charge >= 0.3 is 0 Å². The molecule has 4 heteroatoms. The maximum atomic E-state index is 4.74. The minimum atomic E-state index is 0.584. The van der Waals surface area contributed by atoms with Gasteiger partial charge in [0.1, 0.15) is 0 Å². The molecule has 0 aliphatic carbocycles. The van der Waals surface area contributed by atoms with E-state index in [0.717, 1.165) is 12.5 Å². The van der Waals surface area contributed by atoms with Crippen molar-refractivity contribution in [3.05, 3.63) is 0 Å². The van der Waals surface area contributed by atoms with Crippen molar-refractivity contribution < 1.29 is 0 Å². The van der Waals surface area contributed by atoms with Crippen LogP contribution in [-0.4, -0.2) is 48.0 Å². The summed E-state index contributed by atoms with van der Waals surface area (Å²) in [5.74, 6) is 0.771. The highest BCUT2D eigenvalue weighted by Crippen LogP contribution is 2.23. The van der Waals surface area contributed by atoms with E-state index in [1.807, 2.05) is 11.8 Å². The molecule has 0 saturated carbocycles. The van der Waals surface area contributed by atoms with Crippen LogP contribution in [0.1, 0.15) is 26.7 Å². The highest BCUT2D eigenvalue weighted by molar-refractivity contribution is 8.14. The first kappa shape index (κ1) is 12.2. The fourth-order valence-electron chi connectivity index (χ4n) is 2.51. The zero-order valence-corrected chi connectivity index (χ0v) is 11.4. The molecule has 0 bridgehead atoms. The molecule has 2 rings (SSSR count). The minimum absolute atomic E-state index is 0.584. The highest BCUT2D eigenvalue weighted by Gasteiger charge is 2.22. The summed E-state index contributed by atoms with van der Waals surface area (Å²) in [6.07, 6.45) is 2.55. The average molecular weight is 241 g/mol. The fraction of sp³-hybridized carbons (Fsp3) is 0.917. The van der Waals surface area contributed by atoms with Gasteiger partial charge in [-0.3, -0.25) is 4.99 Å². The van der Waals surface area contributed by atoms with Gasteiger partial charge in [-0.2, -0.15) is 0 Å². The maximum Gasteiger partial charge on any atom is 0.157 e. The van der Waals surface area contributed by atoms with Gasteiger partial charge < -0.3 is 10.2 Å². The van der Waals surface area contributed by atoms with Gasteiger partial charge in [-0.05, 0) is 39.3 Å². The Morgan fingerprint density at radius 1 is 1.50 bits per heavy atom. The molecule has 1 N–H and O–H groups in total. The first-order chi connectivity index (χ1) is 7.63. The van der Waals surface area contributed by atoms with Crippen molar-refractivity contribution in [2.24, 2.45) is 10.9 Å². The minimum Gasteiger partial charge on any atom is -0.362 e. The van der Waals surface area contributed by atoms with Crippen LogP contribution in [0.15, 0.2) is 4.99 Å². The first-order valence-corrected chi connectivity index (χ1v) is 7.17. The third kappa shape index (κ3) is 3.39. The van der Waals surface area contributed by atoms with E-state index in [2.05, 4.69) is 31.1 Å². The molecule has 2 aliphatic rings. The second-order valence-corrected chi connectivity index (χ2v) is 6.70. The summed E-state index contributed by atoms with van der Waals surface area (Å²) >= 11 is 1.90.